The Morgan fingerprint density at radius 1 is 1.00 bits per heavy atom. The van der Waals surface area contributed by atoms with Crippen LogP contribution in [0.1, 0.15) is 33.4 Å². The predicted molar refractivity (Wildman–Crippen MR) is 140 cm³/mol. The monoisotopic (exact) mass is 483 g/mol. The van der Waals surface area contributed by atoms with Crippen LogP contribution < -0.4 is 20.3 Å². The lowest BCUT2D eigenvalue weighted by Gasteiger charge is -2.21. The Bertz CT molecular complexity index is 1540. The number of methoxy groups -OCH3 is 1. The number of fused-ring (bicyclic) bond motifs is 2. The summed E-state index contributed by atoms with van der Waals surface area (Å²) in [5.41, 5.74) is 6.84. The zero-order valence-electron chi connectivity index (χ0n) is 21.1. The number of hydrogen-bond donors (Lipinski definition) is 1. The van der Waals surface area contributed by atoms with Crippen LogP contribution in [-0.2, 0) is 17.8 Å². The summed E-state index contributed by atoms with van der Waals surface area (Å²) in [7, 11) is 1.58. The van der Waals surface area contributed by atoms with Gasteiger partial charge in [0.15, 0.2) is 11.5 Å². The van der Waals surface area contributed by atoms with Gasteiger partial charge in [0.05, 0.1) is 18.4 Å². The summed E-state index contributed by atoms with van der Waals surface area (Å²) in [6.45, 7) is 7.90. The molecule has 2 heterocycles. The Morgan fingerprint density at radius 2 is 1.75 bits per heavy atom. The standard InChI is InChI=1S/C29H29N3O4/c1-17-11-18(2)13-22(12-17)30-26(33)16-31-29-24(15-21-7-6-8-25(35-5)27(21)36-29)28(34)32(31)23-10-9-19(3)20(4)14-23/h6-14H,15-16H2,1-5H3,(H,30,33). The van der Waals surface area contributed by atoms with Gasteiger partial charge in [0.25, 0.3) is 5.56 Å². The van der Waals surface area contributed by atoms with Crippen molar-refractivity contribution in [2.75, 3.05) is 12.4 Å². The fourth-order valence-corrected chi connectivity index (χ4v) is 4.75. The molecular formula is C29H29N3O4. The van der Waals surface area contributed by atoms with Crippen LogP contribution in [0.15, 0.2) is 59.4 Å². The third-order valence-electron chi connectivity index (χ3n) is 6.56. The van der Waals surface area contributed by atoms with Crippen molar-refractivity contribution in [3.63, 3.8) is 0 Å². The van der Waals surface area contributed by atoms with E-state index in [1.807, 2.05) is 82.3 Å². The number of rotatable bonds is 5. The zero-order chi connectivity index (χ0) is 25.6. The molecule has 7 nitrogen and oxygen atoms in total. The number of carbonyl (C=O) groups excluding carboxylic acids is 1. The molecule has 0 saturated carbocycles. The molecule has 0 fully saturated rings. The minimum atomic E-state index is -0.259. The van der Waals surface area contributed by atoms with E-state index in [1.54, 1.807) is 11.8 Å². The second kappa shape index (κ2) is 9.07. The van der Waals surface area contributed by atoms with Crippen molar-refractivity contribution in [3.8, 4) is 23.1 Å². The lowest BCUT2D eigenvalue weighted by Crippen LogP contribution is -2.27. The van der Waals surface area contributed by atoms with Crippen molar-refractivity contribution in [1.82, 2.24) is 9.36 Å². The molecule has 0 unspecified atom stereocenters. The molecule has 4 aromatic rings. The van der Waals surface area contributed by atoms with Crippen molar-refractivity contribution in [2.24, 2.45) is 0 Å². The van der Waals surface area contributed by atoms with Crippen molar-refractivity contribution >= 4 is 11.6 Å². The molecule has 0 radical (unpaired) electrons. The first-order chi connectivity index (χ1) is 17.2. The van der Waals surface area contributed by atoms with E-state index in [4.69, 9.17) is 9.47 Å². The van der Waals surface area contributed by atoms with Crippen LogP contribution in [0.4, 0.5) is 5.69 Å². The van der Waals surface area contributed by atoms with Crippen LogP contribution in [0.5, 0.6) is 17.4 Å². The maximum atomic E-state index is 13.7. The van der Waals surface area contributed by atoms with Gasteiger partial charge in [-0.25, -0.2) is 9.36 Å². The first kappa shape index (κ1) is 23.5. The summed E-state index contributed by atoms with van der Waals surface area (Å²) in [6.07, 6.45) is 0.386. The molecule has 1 aliphatic heterocycles. The van der Waals surface area contributed by atoms with Crippen LogP contribution in [-0.4, -0.2) is 22.4 Å². The van der Waals surface area contributed by atoms with E-state index in [1.165, 1.54) is 4.68 Å². The quantitative estimate of drug-likeness (QED) is 0.372. The van der Waals surface area contributed by atoms with Gasteiger partial charge >= 0.3 is 0 Å². The number of aromatic nitrogens is 2. The topological polar surface area (TPSA) is 74.5 Å². The van der Waals surface area contributed by atoms with E-state index in [9.17, 15) is 9.59 Å². The number of benzene rings is 3. The van der Waals surface area contributed by atoms with Gasteiger partial charge in [-0.1, -0.05) is 24.3 Å². The Morgan fingerprint density at radius 3 is 2.44 bits per heavy atom. The molecule has 1 amide bonds. The Kier molecular flexibility index (Phi) is 5.92. The van der Waals surface area contributed by atoms with Gasteiger partial charge < -0.3 is 14.8 Å². The first-order valence-electron chi connectivity index (χ1n) is 11.9. The van der Waals surface area contributed by atoms with E-state index in [-0.39, 0.29) is 18.0 Å². The lowest BCUT2D eigenvalue weighted by atomic mass is 10.0. The summed E-state index contributed by atoms with van der Waals surface area (Å²) < 4.78 is 15.0. The third kappa shape index (κ3) is 4.17. The molecule has 1 aromatic heterocycles. The normalized spacial score (nSPS) is 11.9. The van der Waals surface area contributed by atoms with Crippen molar-refractivity contribution in [3.05, 3.63) is 98.3 Å². The molecule has 1 N–H and O–H groups in total. The second-order valence-electron chi connectivity index (χ2n) is 9.38. The van der Waals surface area contributed by atoms with Gasteiger partial charge in [0.1, 0.15) is 6.54 Å². The van der Waals surface area contributed by atoms with Gasteiger partial charge in [-0.05, 0) is 80.3 Å². The molecular weight excluding hydrogens is 454 g/mol. The van der Waals surface area contributed by atoms with Gasteiger partial charge in [-0.15, -0.1) is 0 Å². The highest BCUT2D eigenvalue weighted by Crippen LogP contribution is 2.41. The van der Waals surface area contributed by atoms with Gasteiger partial charge in [-0.2, -0.15) is 0 Å². The Hall–Kier alpha value is -4.26. The van der Waals surface area contributed by atoms with Gasteiger partial charge in [0, 0.05) is 17.7 Å². The molecule has 0 aliphatic carbocycles. The minimum absolute atomic E-state index is 0.102. The molecule has 0 bridgehead atoms. The number of anilines is 1. The van der Waals surface area contributed by atoms with Crippen LogP contribution in [0.25, 0.3) is 5.69 Å². The number of aryl methyl sites for hydroxylation is 4. The van der Waals surface area contributed by atoms with Gasteiger partial charge in [0.2, 0.25) is 11.8 Å². The summed E-state index contributed by atoms with van der Waals surface area (Å²) in [5.74, 6) is 1.24. The van der Waals surface area contributed by atoms with Crippen LogP contribution in [0.3, 0.4) is 0 Å². The summed E-state index contributed by atoms with van der Waals surface area (Å²) >= 11 is 0. The van der Waals surface area contributed by atoms with E-state index < -0.39 is 0 Å². The number of nitrogens with one attached hydrogen (secondary N) is 1. The number of nitrogens with zero attached hydrogens (tertiary/aromatic N) is 2. The predicted octanol–water partition coefficient (Wildman–Crippen LogP) is 5.22. The average Bonchev–Trinajstić information content (AvgIpc) is 3.08. The highest BCUT2D eigenvalue weighted by Gasteiger charge is 2.31. The van der Waals surface area contributed by atoms with E-state index >= 15 is 0 Å². The Labute approximate surface area is 209 Å². The molecule has 36 heavy (non-hydrogen) atoms. The average molecular weight is 484 g/mol. The molecule has 0 spiro atoms. The third-order valence-corrected chi connectivity index (χ3v) is 6.56. The molecule has 5 rings (SSSR count). The Balaban J connectivity index is 1.61. The zero-order valence-corrected chi connectivity index (χ0v) is 21.1. The first-order valence-corrected chi connectivity index (χ1v) is 11.9. The van der Waals surface area contributed by atoms with Crippen LogP contribution >= 0.6 is 0 Å². The van der Waals surface area contributed by atoms with E-state index in [0.29, 0.717) is 40.7 Å². The molecule has 7 heteroatoms. The molecule has 184 valence electrons. The number of amides is 1. The smallest absolute Gasteiger partial charge is 0.278 e. The van der Waals surface area contributed by atoms with E-state index in [0.717, 1.165) is 27.8 Å². The highest BCUT2D eigenvalue weighted by molar-refractivity contribution is 5.90. The summed E-state index contributed by atoms with van der Waals surface area (Å²) in [5, 5.41) is 2.97. The SMILES string of the molecule is COc1cccc2c1Oc1c(c(=O)n(-c3ccc(C)c(C)c3)n1CC(=O)Nc1cc(C)cc(C)c1)C2. The molecule has 0 atom stereocenters. The minimum Gasteiger partial charge on any atom is -0.493 e. The highest BCUT2D eigenvalue weighted by atomic mass is 16.5. The van der Waals surface area contributed by atoms with Crippen molar-refractivity contribution in [2.45, 2.75) is 40.7 Å². The fraction of sp³-hybridized carbons (Fsp3) is 0.241. The van der Waals surface area contributed by atoms with Crippen molar-refractivity contribution < 1.29 is 14.3 Å². The lowest BCUT2D eigenvalue weighted by molar-refractivity contribution is -0.117. The maximum absolute atomic E-state index is 13.7. The number of hydrogen-bond acceptors (Lipinski definition) is 4. The van der Waals surface area contributed by atoms with Crippen LogP contribution in [0.2, 0.25) is 0 Å². The number of ether oxygens (including phenoxy) is 2. The van der Waals surface area contributed by atoms with E-state index in [2.05, 4.69) is 5.32 Å². The maximum Gasteiger partial charge on any atom is 0.278 e. The second-order valence-corrected chi connectivity index (χ2v) is 9.38. The number of para-hydroxylation sites is 1. The summed E-state index contributed by atoms with van der Waals surface area (Å²) in [6, 6.07) is 17.3. The summed E-state index contributed by atoms with van der Waals surface area (Å²) in [4.78, 5) is 27.0. The molecule has 1 aliphatic rings. The van der Waals surface area contributed by atoms with Gasteiger partial charge in [-0.3, -0.25) is 9.59 Å². The molecule has 0 saturated heterocycles. The molecule has 3 aromatic carbocycles. The van der Waals surface area contributed by atoms with Crippen LogP contribution in [0, 0.1) is 27.7 Å². The largest absolute Gasteiger partial charge is 0.493 e. The number of carbonyl (C=O) groups is 1. The van der Waals surface area contributed by atoms with Crippen molar-refractivity contribution in [1.29, 1.82) is 0 Å². The fourth-order valence-electron chi connectivity index (χ4n) is 4.75.